The molecule has 0 spiro atoms. The zero-order chi connectivity index (χ0) is 30.8. The van der Waals surface area contributed by atoms with E-state index in [1.807, 2.05) is 13.8 Å². The molecule has 4 heterocycles. The molecule has 0 aliphatic rings. The maximum Gasteiger partial charge on any atom is 0.338 e. The minimum absolute atomic E-state index is 0.0833. The van der Waals surface area contributed by atoms with Crippen LogP contribution in [0.25, 0.3) is 28.0 Å². The minimum Gasteiger partial charge on any atom is -0.487 e. The number of fused-ring (bicyclic) bond motifs is 2. The number of hydrogen-bond acceptors (Lipinski definition) is 7. The van der Waals surface area contributed by atoms with Crippen molar-refractivity contribution >= 4 is 30.3 Å². The van der Waals surface area contributed by atoms with Gasteiger partial charge in [0, 0.05) is 45.2 Å². The first-order chi connectivity index (χ1) is 19.8. The Kier molecular flexibility index (Phi) is 9.49. The van der Waals surface area contributed by atoms with Crippen LogP contribution in [0.4, 0.5) is 4.39 Å². The average molecular weight is 598 g/mol. The molecule has 1 N–H and O–H groups in total. The SMILES string of the molecule is C=C(C)COc1ccnc2c1n(-c1nc3c(cc1F)c(=O)ccn3[C@@H](C)CC[C@H](C)O)c(=O)n2COCC[Si](C)(C)C. The molecule has 226 valence electrons. The van der Waals surface area contributed by atoms with Gasteiger partial charge in [-0.25, -0.2) is 23.7 Å². The number of halogens is 1. The van der Waals surface area contributed by atoms with Crippen molar-refractivity contribution in [2.24, 2.45) is 0 Å². The van der Waals surface area contributed by atoms with Crippen LogP contribution in [0.5, 0.6) is 5.75 Å². The van der Waals surface area contributed by atoms with E-state index in [9.17, 15) is 14.7 Å². The Morgan fingerprint density at radius 1 is 1.17 bits per heavy atom. The van der Waals surface area contributed by atoms with E-state index in [4.69, 9.17) is 9.47 Å². The summed E-state index contributed by atoms with van der Waals surface area (Å²) in [5, 5.41) is 9.88. The van der Waals surface area contributed by atoms with Gasteiger partial charge in [0.1, 0.15) is 30.3 Å². The van der Waals surface area contributed by atoms with Crippen molar-refractivity contribution < 1.29 is 19.0 Å². The van der Waals surface area contributed by atoms with Crippen LogP contribution in [-0.4, -0.2) is 56.2 Å². The summed E-state index contributed by atoms with van der Waals surface area (Å²) in [5.41, 5.74) is 0.478. The molecule has 0 aliphatic heterocycles. The summed E-state index contributed by atoms with van der Waals surface area (Å²) < 4.78 is 32.0. The zero-order valence-electron chi connectivity index (χ0n) is 25.2. The second-order valence-electron chi connectivity index (χ2n) is 12.1. The van der Waals surface area contributed by atoms with Gasteiger partial charge in [-0.3, -0.25) is 9.36 Å². The molecule has 0 aliphatic carbocycles. The van der Waals surface area contributed by atoms with Crippen molar-refractivity contribution in [2.45, 2.75) is 78.2 Å². The van der Waals surface area contributed by atoms with E-state index < -0.39 is 25.7 Å². The van der Waals surface area contributed by atoms with Gasteiger partial charge < -0.3 is 19.1 Å². The summed E-state index contributed by atoms with van der Waals surface area (Å²) in [6.07, 6.45) is 3.75. The van der Waals surface area contributed by atoms with E-state index in [1.54, 1.807) is 23.8 Å². The van der Waals surface area contributed by atoms with Gasteiger partial charge >= 0.3 is 5.69 Å². The van der Waals surface area contributed by atoms with Gasteiger partial charge in [-0.05, 0) is 51.3 Å². The number of hydrogen-bond donors (Lipinski definition) is 1. The third-order valence-electron chi connectivity index (χ3n) is 6.98. The summed E-state index contributed by atoms with van der Waals surface area (Å²) in [6.45, 7) is 16.6. The second-order valence-corrected chi connectivity index (χ2v) is 17.8. The van der Waals surface area contributed by atoms with Crippen molar-refractivity contribution in [3.05, 3.63) is 69.3 Å². The van der Waals surface area contributed by atoms with Crippen molar-refractivity contribution in [2.75, 3.05) is 13.2 Å². The van der Waals surface area contributed by atoms with Gasteiger partial charge in [-0.1, -0.05) is 26.2 Å². The zero-order valence-corrected chi connectivity index (χ0v) is 26.2. The lowest BCUT2D eigenvalue weighted by atomic mass is 10.1. The Balaban J connectivity index is 1.93. The van der Waals surface area contributed by atoms with E-state index in [1.165, 1.54) is 16.8 Å². The molecule has 0 unspecified atom stereocenters. The van der Waals surface area contributed by atoms with E-state index in [-0.39, 0.29) is 52.8 Å². The maximum absolute atomic E-state index is 15.9. The average Bonchev–Trinajstić information content (AvgIpc) is 3.19. The van der Waals surface area contributed by atoms with E-state index >= 15 is 4.39 Å². The molecule has 0 saturated heterocycles. The quantitative estimate of drug-likeness (QED) is 0.131. The number of pyridine rings is 3. The van der Waals surface area contributed by atoms with Gasteiger partial charge in [-0.15, -0.1) is 0 Å². The Hall–Kier alpha value is -3.61. The Morgan fingerprint density at radius 2 is 1.90 bits per heavy atom. The number of imidazole rings is 1. The number of aliphatic hydroxyl groups is 1. The second kappa shape index (κ2) is 12.7. The smallest absolute Gasteiger partial charge is 0.338 e. The van der Waals surface area contributed by atoms with E-state index in [2.05, 4.69) is 36.2 Å². The van der Waals surface area contributed by atoms with Gasteiger partial charge in [-0.2, -0.15) is 0 Å². The predicted molar refractivity (Wildman–Crippen MR) is 165 cm³/mol. The summed E-state index contributed by atoms with van der Waals surface area (Å²) >= 11 is 0. The van der Waals surface area contributed by atoms with Crippen LogP contribution in [0, 0.1) is 5.82 Å². The summed E-state index contributed by atoms with van der Waals surface area (Å²) in [5.74, 6) is -0.823. The molecule has 0 amide bonds. The van der Waals surface area contributed by atoms with Crippen molar-refractivity contribution in [3.63, 3.8) is 0 Å². The highest BCUT2D eigenvalue weighted by Gasteiger charge is 2.25. The normalized spacial score (nSPS) is 13.5. The van der Waals surface area contributed by atoms with Crippen LogP contribution in [0.3, 0.4) is 0 Å². The minimum atomic E-state index is -1.37. The molecule has 0 radical (unpaired) electrons. The molecule has 0 bridgehead atoms. The van der Waals surface area contributed by atoms with Crippen LogP contribution in [0.1, 0.15) is 39.7 Å². The van der Waals surface area contributed by atoms with Gasteiger partial charge in [0.05, 0.1) is 11.5 Å². The Bertz CT molecular complexity index is 1720. The fourth-order valence-corrected chi connectivity index (χ4v) is 5.35. The molecular formula is C30H40FN5O5Si. The van der Waals surface area contributed by atoms with Crippen molar-refractivity contribution in [1.82, 2.24) is 23.7 Å². The van der Waals surface area contributed by atoms with Gasteiger partial charge in [0.15, 0.2) is 22.7 Å². The van der Waals surface area contributed by atoms with Crippen LogP contribution in [0.2, 0.25) is 25.7 Å². The van der Waals surface area contributed by atoms with Gasteiger partial charge in [0.2, 0.25) is 0 Å². The monoisotopic (exact) mass is 597 g/mol. The molecule has 12 heteroatoms. The van der Waals surface area contributed by atoms with Crippen LogP contribution >= 0.6 is 0 Å². The first-order valence-electron chi connectivity index (χ1n) is 14.1. The maximum atomic E-state index is 15.9. The molecule has 0 saturated carbocycles. The van der Waals surface area contributed by atoms with Gasteiger partial charge in [0.25, 0.3) is 0 Å². The number of ether oxygens (including phenoxy) is 2. The van der Waals surface area contributed by atoms with Crippen molar-refractivity contribution in [1.29, 1.82) is 0 Å². The molecule has 4 aromatic rings. The fraction of sp³-hybridized carbons (Fsp3) is 0.467. The third kappa shape index (κ3) is 6.88. The Morgan fingerprint density at radius 3 is 2.57 bits per heavy atom. The predicted octanol–water partition coefficient (Wildman–Crippen LogP) is 5.03. The molecule has 4 aromatic heterocycles. The fourth-order valence-electron chi connectivity index (χ4n) is 4.60. The highest BCUT2D eigenvalue weighted by atomic mass is 28.3. The molecule has 10 nitrogen and oxygen atoms in total. The standard InChI is InChI=1S/C30H40FN5O5Si/c1-19(2)17-41-25-10-12-32-29-26(25)36(30(39)35(29)18-40-14-15-42(5,6)7)28-23(31)16-22-24(38)11-13-34(27(22)33-28)20(3)8-9-21(4)37/h10-13,16,20-21,37H,1,8-9,14-15,17-18H2,2-7H3/t20-,21-/m0/s1. The largest absolute Gasteiger partial charge is 0.487 e. The third-order valence-corrected chi connectivity index (χ3v) is 8.69. The number of rotatable bonds is 13. The summed E-state index contributed by atoms with van der Waals surface area (Å²) in [7, 11) is -1.37. The highest BCUT2D eigenvalue weighted by Crippen LogP contribution is 2.28. The number of nitrogens with zero attached hydrogens (tertiary/aromatic N) is 5. The lowest BCUT2D eigenvalue weighted by Gasteiger charge is -2.19. The number of aromatic nitrogens is 5. The van der Waals surface area contributed by atoms with Crippen LogP contribution in [-0.2, 0) is 11.5 Å². The first kappa shape index (κ1) is 31.3. The molecule has 4 rings (SSSR count). The van der Waals surface area contributed by atoms with Crippen LogP contribution in [0.15, 0.2) is 52.3 Å². The first-order valence-corrected chi connectivity index (χ1v) is 17.8. The Labute approximate surface area is 245 Å². The lowest BCUT2D eigenvalue weighted by molar-refractivity contribution is 0.0871. The topological polar surface area (TPSA) is 113 Å². The molecular weight excluding hydrogens is 557 g/mol. The van der Waals surface area contributed by atoms with Crippen molar-refractivity contribution in [3.8, 4) is 11.6 Å². The summed E-state index contributed by atoms with van der Waals surface area (Å²) in [4.78, 5) is 35.7. The highest BCUT2D eigenvalue weighted by molar-refractivity contribution is 6.76. The van der Waals surface area contributed by atoms with E-state index in [0.29, 0.717) is 25.2 Å². The molecule has 2 atom stereocenters. The van der Waals surface area contributed by atoms with E-state index in [0.717, 1.165) is 22.3 Å². The molecule has 0 aromatic carbocycles. The van der Waals surface area contributed by atoms with Crippen LogP contribution < -0.4 is 15.9 Å². The molecule has 0 fully saturated rings. The number of aliphatic hydroxyl groups excluding tert-OH is 1. The molecule has 42 heavy (non-hydrogen) atoms. The summed E-state index contributed by atoms with van der Waals surface area (Å²) in [6, 6.07) is 4.83. The lowest BCUT2D eigenvalue weighted by Crippen LogP contribution is -2.27.